The lowest BCUT2D eigenvalue weighted by molar-refractivity contribution is 0.606. The lowest BCUT2D eigenvalue weighted by atomic mass is 10.0. The van der Waals surface area contributed by atoms with E-state index in [2.05, 4.69) is 61.6 Å². The first kappa shape index (κ1) is 15.4. The van der Waals surface area contributed by atoms with Gasteiger partial charge in [0.2, 0.25) is 0 Å². The van der Waals surface area contributed by atoms with Crippen molar-refractivity contribution in [2.45, 2.75) is 19.4 Å². The van der Waals surface area contributed by atoms with E-state index in [1.165, 1.54) is 16.1 Å². The van der Waals surface area contributed by atoms with Crippen LogP contribution in [0.5, 0.6) is 0 Å². The van der Waals surface area contributed by atoms with Crippen LogP contribution in [0.25, 0.3) is 0 Å². The fourth-order valence-corrected chi connectivity index (χ4v) is 3.28. The second-order valence-corrected chi connectivity index (χ2v) is 6.76. The number of nitrogens with one attached hydrogen (secondary N) is 1. The van der Waals surface area contributed by atoms with Gasteiger partial charge in [0, 0.05) is 24.7 Å². The molecular weight excluding hydrogens is 288 g/mol. The lowest BCUT2D eigenvalue weighted by Gasteiger charge is -2.19. The second kappa shape index (κ2) is 7.11. The van der Waals surface area contributed by atoms with Gasteiger partial charge in [-0.15, -0.1) is 11.3 Å². The molecule has 0 radical (unpaired) electrons. The third-order valence-electron chi connectivity index (χ3n) is 3.22. The maximum atomic E-state index is 6.08. The molecule has 1 aromatic carbocycles. The molecule has 1 N–H and O–H groups in total. The van der Waals surface area contributed by atoms with Crippen LogP contribution < -0.4 is 10.2 Å². The summed E-state index contributed by atoms with van der Waals surface area (Å²) < 4.78 is 0.841. The lowest BCUT2D eigenvalue weighted by Crippen LogP contribution is -2.22. The summed E-state index contributed by atoms with van der Waals surface area (Å²) in [5.41, 5.74) is 2.50. The van der Waals surface area contributed by atoms with Crippen molar-refractivity contribution < 1.29 is 0 Å². The van der Waals surface area contributed by atoms with Crippen molar-refractivity contribution in [2.75, 3.05) is 25.5 Å². The molecule has 0 saturated carbocycles. The molecule has 2 aromatic rings. The van der Waals surface area contributed by atoms with E-state index < -0.39 is 0 Å². The number of hydrogen-bond donors (Lipinski definition) is 1. The maximum Gasteiger partial charge on any atom is 0.0931 e. The molecular formula is C16H21ClN2S. The molecule has 1 aromatic heterocycles. The number of anilines is 1. The summed E-state index contributed by atoms with van der Waals surface area (Å²) in [6.07, 6.45) is 1.12. The van der Waals surface area contributed by atoms with Crippen LogP contribution >= 0.6 is 22.9 Å². The Morgan fingerprint density at radius 3 is 2.35 bits per heavy atom. The van der Waals surface area contributed by atoms with E-state index in [9.17, 15) is 0 Å². The molecule has 0 aliphatic heterocycles. The highest BCUT2D eigenvalue weighted by Crippen LogP contribution is 2.31. The minimum absolute atomic E-state index is 0.226. The highest BCUT2D eigenvalue weighted by Gasteiger charge is 2.15. The Labute approximate surface area is 130 Å². The minimum atomic E-state index is 0.226. The Bertz CT molecular complexity index is 534. The van der Waals surface area contributed by atoms with E-state index >= 15 is 0 Å². The van der Waals surface area contributed by atoms with Crippen LogP contribution in [0.3, 0.4) is 0 Å². The molecule has 0 fully saturated rings. The van der Waals surface area contributed by atoms with Crippen molar-refractivity contribution >= 4 is 28.6 Å². The molecule has 0 bridgehead atoms. The van der Waals surface area contributed by atoms with Crippen LogP contribution in [0.1, 0.15) is 29.8 Å². The molecule has 0 spiro atoms. The maximum absolute atomic E-state index is 6.08. The molecule has 0 amide bonds. The van der Waals surface area contributed by atoms with Gasteiger partial charge in [-0.05, 0) is 42.8 Å². The van der Waals surface area contributed by atoms with Crippen LogP contribution in [-0.2, 0) is 0 Å². The third-order valence-corrected chi connectivity index (χ3v) is 4.52. The number of hydrogen-bond acceptors (Lipinski definition) is 3. The summed E-state index contributed by atoms with van der Waals surface area (Å²) in [5, 5.41) is 3.60. The summed E-state index contributed by atoms with van der Waals surface area (Å²) in [6.45, 7) is 3.18. The van der Waals surface area contributed by atoms with Crippen LogP contribution in [0.15, 0.2) is 36.4 Å². The Hall–Kier alpha value is -1.03. The monoisotopic (exact) mass is 308 g/mol. The molecule has 1 unspecified atom stereocenters. The van der Waals surface area contributed by atoms with E-state index in [1.807, 2.05) is 6.07 Å². The highest BCUT2D eigenvalue weighted by molar-refractivity contribution is 7.16. The topological polar surface area (TPSA) is 15.3 Å². The van der Waals surface area contributed by atoms with Crippen LogP contribution in [-0.4, -0.2) is 20.6 Å². The molecule has 0 aliphatic rings. The van der Waals surface area contributed by atoms with Gasteiger partial charge < -0.3 is 10.2 Å². The first-order valence-corrected chi connectivity index (χ1v) is 8.07. The molecule has 1 atom stereocenters. The Balaban J connectivity index is 2.26. The molecule has 0 saturated heterocycles. The van der Waals surface area contributed by atoms with Crippen LogP contribution in [0.2, 0.25) is 4.34 Å². The Kier molecular flexibility index (Phi) is 5.46. The first-order valence-electron chi connectivity index (χ1n) is 6.87. The van der Waals surface area contributed by atoms with Crippen molar-refractivity contribution in [3.05, 3.63) is 51.2 Å². The number of benzene rings is 1. The molecule has 2 nitrogen and oxygen atoms in total. The summed E-state index contributed by atoms with van der Waals surface area (Å²) in [7, 11) is 4.11. The van der Waals surface area contributed by atoms with Gasteiger partial charge in [-0.1, -0.05) is 30.7 Å². The average Bonchev–Trinajstić information content (AvgIpc) is 2.86. The van der Waals surface area contributed by atoms with Crippen molar-refractivity contribution in [2.24, 2.45) is 0 Å². The normalized spacial score (nSPS) is 12.4. The quantitative estimate of drug-likeness (QED) is 0.842. The van der Waals surface area contributed by atoms with Crippen LogP contribution in [0, 0.1) is 0 Å². The number of rotatable bonds is 6. The van der Waals surface area contributed by atoms with E-state index in [-0.39, 0.29) is 6.04 Å². The summed E-state index contributed by atoms with van der Waals surface area (Å²) in [6, 6.07) is 13.0. The van der Waals surface area contributed by atoms with Gasteiger partial charge in [0.1, 0.15) is 0 Å². The van der Waals surface area contributed by atoms with Crippen molar-refractivity contribution in [1.29, 1.82) is 0 Å². The fourth-order valence-electron chi connectivity index (χ4n) is 2.12. The van der Waals surface area contributed by atoms with E-state index in [4.69, 9.17) is 11.6 Å². The SMILES string of the molecule is CCCNC(c1ccc(N(C)C)cc1)c1ccc(Cl)s1. The fraction of sp³-hybridized carbons (Fsp3) is 0.375. The van der Waals surface area contributed by atoms with Gasteiger partial charge in [0.25, 0.3) is 0 Å². The zero-order valence-electron chi connectivity index (χ0n) is 12.2. The van der Waals surface area contributed by atoms with E-state index in [0.29, 0.717) is 0 Å². The van der Waals surface area contributed by atoms with Crippen molar-refractivity contribution in [1.82, 2.24) is 5.32 Å². The number of halogens is 1. The highest BCUT2D eigenvalue weighted by atomic mass is 35.5. The largest absolute Gasteiger partial charge is 0.378 e. The zero-order chi connectivity index (χ0) is 14.5. The van der Waals surface area contributed by atoms with Gasteiger partial charge in [-0.3, -0.25) is 0 Å². The van der Waals surface area contributed by atoms with Gasteiger partial charge in [0.05, 0.1) is 10.4 Å². The predicted octanol–water partition coefficient (Wildman–Crippen LogP) is 4.56. The standard InChI is InChI=1S/C16H21ClN2S/c1-4-11-18-16(14-9-10-15(17)20-14)12-5-7-13(8-6-12)19(2)3/h5-10,16,18H,4,11H2,1-3H3. The average molecular weight is 309 g/mol. The van der Waals surface area contributed by atoms with Gasteiger partial charge in [0.15, 0.2) is 0 Å². The van der Waals surface area contributed by atoms with Crippen molar-refractivity contribution in [3.63, 3.8) is 0 Å². The third kappa shape index (κ3) is 3.75. The number of thiophene rings is 1. The smallest absolute Gasteiger partial charge is 0.0931 e. The van der Waals surface area contributed by atoms with E-state index in [0.717, 1.165) is 17.3 Å². The van der Waals surface area contributed by atoms with Crippen molar-refractivity contribution in [3.8, 4) is 0 Å². The molecule has 20 heavy (non-hydrogen) atoms. The van der Waals surface area contributed by atoms with E-state index in [1.54, 1.807) is 11.3 Å². The molecule has 1 heterocycles. The minimum Gasteiger partial charge on any atom is -0.378 e. The van der Waals surface area contributed by atoms with Gasteiger partial charge in [-0.2, -0.15) is 0 Å². The van der Waals surface area contributed by atoms with Crippen LogP contribution in [0.4, 0.5) is 5.69 Å². The summed E-state index contributed by atoms with van der Waals surface area (Å²) >= 11 is 7.72. The molecule has 108 valence electrons. The summed E-state index contributed by atoms with van der Waals surface area (Å²) in [4.78, 5) is 3.38. The summed E-state index contributed by atoms with van der Waals surface area (Å²) in [5.74, 6) is 0. The Morgan fingerprint density at radius 2 is 1.85 bits per heavy atom. The molecule has 2 rings (SSSR count). The van der Waals surface area contributed by atoms with Gasteiger partial charge in [-0.25, -0.2) is 0 Å². The predicted molar refractivity (Wildman–Crippen MR) is 90.2 cm³/mol. The molecule has 0 aliphatic carbocycles. The number of nitrogens with zero attached hydrogens (tertiary/aromatic N) is 1. The molecule has 4 heteroatoms. The second-order valence-electron chi connectivity index (χ2n) is 5.01. The first-order chi connectivity index (χ1) is 9.61. The Morgan fingerprint density at radius 1 is 1.15 bits per heavy atom. The van der Waals surface area contributed by atoms with Gasteiger partial charge >= 0.3 is 0 Å². The zero-order valence-corrected chi connectivity index (χ0v) is 13.8.